The Morgan fingerprint density at radius 2 is 1.61 bits per heavy atom. The van der Waals surface area contributed by atoms with Crippen molar-refractivity contribution in [2.45, 2.75) is 38.4 Å². The minimum Gasteiger partial charge on any atom is -0.388 e. The second-order valence-corrected chi connectivity index (χ2v) is 9.13. The molecule has 200 valence electrons. The highest BCUT2D eigenvalue weighted by Gasteiger charge is 2.35. The molecule has 0 saturated heterocycles. The van der Waals surface area contributed by atoms with Gasteiger partial charge < -0.3 is 15.2 Å². The molecule has 0 aliphatic rings. The maximum absolute atomic E-state index is 13.6. The van der Waals surface area contributed by atoms with E-state index >= 15 is 0 Å². The minimum absolute atomic E-state index is 0.0231. The van der Waals surface area contributed by atoms with Crippen LogP contribution in [0.3, 0.4) is 0 Å². The second kappa shape index (κ2) is 10.2. The molecule has 6 nitrogen and oxygen atoms in total. The van der Waals surface area contributed by atoms with Crippen LogP contribution in [0.2, 0.25) is 0 Å². The number of nitrogens with one attached hydrogen (secondary N) is 1. The standard InChI is InChI=1S/C26H22F6N4O2/c1-24(2,37)14-38-13-17-12-21(34-16-7-5-15(6-8-16)25(27,28)29)18-9-10-20(36-23(18)35-17)22-19(26(30,31)32)4-3-11-33-22/h3-12,37H,13-14H2,1-2H3,(H,34,35,36). The summed E-state index contributed by atoms with van der Waals surface area (Å²) in [6.45, 7) is 3.02. The zero-order valence-corrected chi connectivity index (χ0v) is 20.2. The fourth-order valence-corrected chi connectivity index (χ4v) is 3.61. The molecule has 3 aromatic heterocycles. The van der Waals surface area contributed by atoms with Gasteiger partial charge in [-0.15, -0.1) is 0 Å². The topological polar surface area (TPSA) is 80.2 Å². The van der Waals surface area contributed by atoms with Gasteiger partial charge in [0.05, 0.1) is 47.0 Å². The van der Waals surface area contributed by atoms with Crippen molar-refractivity contribution in [3.05, 3.63) is 77.6 Å². The largest absolute Gasteiger partial charge is 0.418 e. The third-order valence-corrected chi connectivity index (χ3v) is 5.28. The number of fused-ring (bicyclic) bond motifs is 1. The van der Waals surface area contributed by atoms with Gasteiger partial charge in [-0.2, -0.15) is 26.3 Å². The van der Waals surface area contributed by atoms with Crippen LogP contribution in [0, 0.1) is 0 Å². The average molecular weight is 536 g/mol. The fraction of sp³-hybridized carbons (Fsp3) is 0.269. The van der Waals surface area contributed by atoms with Crippen molar-refractivity contribution in [3.63, 3.8) is 0 Å². The van der Waals surface area contributed by atoms with Crippen molar-refractivity contribution >= 4 is 22.4 Å². The van der Waals surface area contributed by atoms with Gasteiger partial charge in [-0.25, -0.2) is 9.97 Å². The number of halogens is 6. The summed E-state index contributed by atoms with van der Waals surface area (Å²) in [7, 11) is 0. The van der Waals surface area contributed by atoms with Crippen LogP contribution in [-0.2, 0) is 23.7 Å². The summed E-state index contributed by atoms with van der Waals surface area (Å²) in [6, 6.07) is 10.9. The van der Waals surface area contributed by atoms with Crippen molar-refractivity contribution in [3.8, 4) is 11.4 Å². The molecule has 0 atom stereocenters. The Balaban J connectivity index is 1.77. The number of hydrogen-bond acceptors (Lipinski definition) is 6. The molecular formula is C26H22F6N4O2. The highest BCUT2D eigenvalue weighted by Crippen LogP contribution is 2.36. The van der Waals surface area contributed by atoms with E-state index in [-0.39, 0.29) is 30.2 Å². The number of nitrogens with zero attached hydrogens (tertiary/aromatic N) is 3. The van der Waals surface area contributed by atoms with E-state index in [0.717, 1.165) is 18.2 Å². The van der Waals surface area contributed by atoms with Crippen LogP contribution in [-0.4, -0.2) is 32.3 Å². The van der Waals surface area contributed by atoms with Gasteiger partial charge in [-0.1, -0.05) is 0 Å². The smallest absolute Gasteiger partial charge is 0.388 e. The van der Waals surface area contributed by atoms with Crippen molar-refractivity contribution in [1.82, 2.24) is 15.0 Å². The van der Waals surface area contributed by atoms with E-state index in [1.54, 1.807) is 19.9 Å². The third-order valence-electron chi connectivity index (χ3n) is 5.28. The summed E-state index contributed by atoms with van der Waals surface area (Å²) in [6.07, 6.45) is -7.92. The number of hydrogen-bond donors (Lipinski definition) is 2. The van der Waals surface area contributed by atoms with Crippen molar-refractivity contribution in [2.24, 2.45) is 0 Å². The quantitative estimate of drug-likeness (QED) is 0.254. The van der Waals surface area contributed by atoms with E-state index in [2.05, 4.69) is 20.3 Å². The molecule has 0 saturated carbocycles. The number of aromatic nitrogens is 3. The summed E-state index contributed by atoms with van der Waals surface area (Å²) in [5.74, 6) is 0. The minimum atomic E-state index is -4.66. The van der Waals surface area contributed by atoms with Gasteiger partial charge in [-0.05, 0) is 68.4 Å². The van der Waals surface area contributed by atoms with Gasteiger partial charge in [0.15, 0.2) is 5.65 Å². The molecule has 0 bridgehead atoms. The van der Waals surface area contributed by atoms with E-state index in [4.69, 9.17) is 4.74 Å². The van der Waals surface area contributed by atoms with Crippen LogP contribution >= 0.6 is 0 Å². The Morgan fingerprint density at radius 1 is 0.895 bits per heavy atom. The van der Waals surface area contributed by atoms with Gasteiger partial charge in [0.25, 0.3) is 0 Å². The maximum atomic E-state index is 13.6. The Morgan fingerprint density at radius 3 is 2.24 bits per heavy atom. The Bertz CT molecular complexity index is 1430. The molecule has 2 N–H and O–H groups in total. The summed E-state index contributed by atoms with van der Waals surface area (Å²) in [5, 5.41) is 13.3. The highest BCUT2D eigenvalue weighted by molar-refractivity contribution is 5.92. The third kappa shape index (κ3) is 6.56. The van der Waals surface area contributed by atoms with E-state index < -0.39 is 29.1 Å². The van der Waals surface area contributed by atoms with Crippen molar-refractivity contribution in [2.75, 3.05) is 11.9 Å². The fourth-order valence-electron chi connectivity index (χ4n) is 3.61. The first-order valence-corrected chi connectivity index (χ1v) is 11.3. The first kappa shape index (κ1) is 27.3. The summed E-state index contributed by atoms with van der Waals surface area (Å²) in [5.41, 5.74) is -2.19. The number of aliphatic hydroxyl groups is 1. The van der Waals surface area contributed by atoms with Crippen molar-refractivity contribution < 1.29 is 36.2 Å². The number of pyridine rings is 3. The molecule has 4 aromatic rings. The summed E-state index contributed by atoms with van der Waals surface area (Å²) < 4.78 is 85.0. The van der Waals surface area contributed by atoms with Gasteiger partial charge in [-0.3, -0.25) is 4.98 Å². The zero-order chi connectivity index (χ0) is 27.7. The lowest BCUT2D eigenvalue weighted by Crippen LogP contribution is -2.25. The molecule has 3 heterocycles. The molecule has 0 spiro atoms. The Hall–Kier alpha value is -3.77. The maximum Gasteiger partial charge on any atom is 0.418 e. The number of anilines is 2. The van der Waals surface area contributed by atoms with Gasteiger partial charge in [0, 0.05) is 17.3 Å². The average Bonchev–Trinajstić information content (AvgIpc) is 2.82. The molecule has 4 rings (SSSR count). The Kier molecular flexibility index (Phi) is 7.31. The van der Waals surface area contributed by atoms with Crippen LogP contribution in [0.4, 0.5) is 37.7 Å². The molecule has 0 unspecified atom stereocenters. The number of alkyl halides is 6. The SMILES string of the molecule is CC(C)(O)COCc1cc(Nc2ccc(C(F)(F)F)cc2)c2ccc(-c3ncccc3C(F)(F)F)nc2n1. The van der Waals surface area contributed by atoms with Crippen LogP contribution in [0.15, 0.2) is 60.8 Å². The van der Waals surface area contributed by atoms with Crippen LogP contribution in [0.1, 0.15) is 30.7 Å². The van der Waals surface area contributed by atoms with Crippen LogP contribution < -0.4 is 5.32 Å². The first-order valence-electron chi connectivity index (χ1n) is 11.3. The normalized spacial score (nSPS) is 12.7. The van der Waals surface area contributed by atoms with E-state index in [9.17, 15) is 31.4 Å². The monoisotopic (exact) mass is 536 g/mol. The van der Waals surface area contributed by atoms with E-state index in [1.807, 2.05) is 0 Å². The van der Waals surface area contributed by atoms with Gasteiger partial charge in [0.1, 0.15) is 5.69 Å². The molecule has 38 heavy (non-hydrogen) atoms. The molecule has 12 heteroatoms. The predicted molar refractivity (Wildman–Crippen MR) is 128 cm³/mol. The molecule has 0 amide bonds. The molecule has 0 fully saturated rings. The molecular weight excluding hydrogens is 514 g/mol. The molecule has 0 radical (unpaired) electrons. The molecule has 0 aliphatic heterocycles. The summed E-state index contributed by atoms with van der Waals surface area (Å²) in [4.78, 5) is 12.6. The van der Waals surface area contributed by atoms with Gasteiger partial charge in [0.2, 0.25) is 0 Å². The van der Waals surface area contributed by atoms with Crippen LogP contribution in [0.5, 0.6) is 0 Å². The predicted octanol–water partition coefficient (Wildman–Crippen LogP) is 6.76. The van der Waals surface area contributed by atoms with Crippen LogP contribution in [0.25, 0.3) is 22.4 Å². The zero-order valence-electron chi connectivity index (χ0n) is 20.2. The second-order valence-electron chi connectivity index (χ2n) is 9.13. The number of ether oxygens (including phenoxy) is 1. The summed E-state index contributed by atoms with van der Waals surface area (Å²) >= 11 is 0. The lowest BCUT2D eigenvalue weighted by atomic mass is 10.1. The first-order chi connectivity index (χ1) is 17.7. The molecule has 0 aliphatic carbocycles. The van der Waals surface area contributed by atoms with E-state index in [1.165, 1.54) is 36.5 Å². The highest BCUT2D eigenvalue weighted by atomic mass is 19.4. The lowest BCUT2D eigenvalue weighted by molar-refractivity contribution is -0.138. The van der Waals surface area contributed by atoms with Gasteiger partial charge >= 0.3 is 12.4 Å². The number of benzene rings is 1. The lowest BCUT2D eigenvalue weighted by Gasteiger charge is -2.17. The van der Waals surface area contributed by atoms with Crippen molar-refractivity contribution in [1.29, 1.82) is 0 Å². The van der Waals surface area contributed by atoms with E-state index in [0.29, 0.717) is 22.5 Å². The number of rotatable bonds is 7. The Labute approximate surface area is 213 Å². The molecule has 1 aromatic carbocycles.